The van der Waals surface area contributed by atoms with Gasteiger partial charge in [-0.15, -0.1) is 0 Å². The Labute approximate surface area is 116 Å². The van der Waals surface area contributed by atoms with Crippen molar-refractivity contribution in [1.82, 2.24) is 0 Å². The second-order valence-electron chi connectivity index (χ2n) is 5.49. The smallest absolute Gasteiger partial charge is 0.338 e. The number of nitrogens with zero attached hydrogens (tertiary/aromatic N) is 1. The van der Waals surface area contributed by atoms with E-state index in [4.69, 9.17) is 0 Å². The van der Waals surface area contributed by atoms with E-state index in [0.717, 1.165) is 17.7 Å². The van der Waals surface area contributed by atoms with Crippen molar-refractivity contribution < 1.29 is 19.5 Å². The molecule has 2 atom stereocenters. The van der Waals surface area contributed by atoms with Crippen LogP contribution in [-0.2, 0) is 9.59 Å². The first-order chi connectivity index (χ1) is 9.50. The summed E-state index contributed by atoms with van der Waals surface area (Å²) < 4.78 is 0. The van der Waals surface area contributed by atoms with Crippen LogP contribution in [0.1, 0.15) is 35.2 Å². The lowest BCUT2D eigenvalue weighted by molar-refractivity contribution is -0.132. The highest BCUT2D eigenvalue weighted by Gasteiger charge is 2.46. The number of piperidine rings is 1. The monoisotopic (exact) mass is 273 g/mol. The second-order valence-corrected chi connectivity index (χ2v) is 5.49. The largest absolute Gasteiger partial charge is 0.478 e. The number of amides is 2. The second kappa shape index (κ2) is 4.44. The van der Waals surface area contributed by atoms with Crippen molar-refractivity contribution in [2.75, 3.05) is 4.90 Å². The maximum atomic E-state index is 12.4. The van der Waals surface area contributed by atoms with Gasteiger partial charge in [0.25, 0.3) is 0 Å². The topological polar surface area (TPSA) is 74.7 Å². The number of carboxylic acids is 1. The molecule has 2 fully saturated rings. The first-order valence-corrected chi connectivity index (χ1v) is 6.71. The molecule has 1 saturated carbocycles. The molecule has 2 bridgehead atoms. The fourth-order valence-corrected chi connectivity index (χ4v) is 3.26. The summed E-state index contributed by atoms with van der Waals surface area (Å²) in [5, 5.41) is 9.35. The van der Waals surface area contributed by atoms with Crippen molar-refractivity contribution in [3.8, 4) is 0 Å². The standard InChI is InChI=1S/C15H15NO4/c1-8-3-2-4-11(12(8)15(19)20)16-13(17)9-5-6-10(7-9)14(16)18/h2-4,9-10H,5-7H2,1H3,(H,19,20). The van der Waals surface area contributed by atoms with Gasteiger partial charge in [0.1, 0.15) is 0 Å². The summed E-state index contributed by atoms with van der Waals surface area (Å²) in [5.41, 5.74) is 0.799. The first kappa shape index (κ1) is 12.8. The quantitative estimate of drug-likeness (QED) is 0.836. The number of aromatic carboxylic acids is 1. The minimum Gasteiger partial charge on any atom is -0.478 e. The van der Waals surface area contributed by atoms with Crippen molar-refractivity contribution >= 4 is 23.5 Å². The van der Waals surface area contributed by atoms with Crippen LogP contribution in [0.25, 0.3) is 0 Å². The lowest BCUT2D eigenvalue weighted by Gasteiger charge is -2.30. The third-order valence-electron chi connectivity index (χ3n) is 4.28. The molecule has 1 saturated heterocycles. The van der Waals surface area contributed by atoms with E-state index in [1.807, 2.05) is 0 Å². The molecule has 3 rings (SSSR count). The summed E-state index contributed by atoms with van der Waals surface area (Å²) in [6, 6.07) is 4.88. The van der Waals surface area contributed by atoms with Gasteiger partial charge in [-0.3, -0.25) is 9.59 Å². The molecular weight excluding hydrogens is 258 g/mol. The SMILES string of the molecule is Cc1cccc(N2C(=O)C3CCC(C3)C2=O)c1C(=O)O. The van der Waals surface area contributed by atoms with Gasteiger partial charge < -0.3 is 5.11 Å². The van der Waals surface area contributed by atoms with E-state index in [1.54, 1.807) is 19.1 Å². The van der Waals surface area contributed by atoms with Crippen molar-refractivity contribution in [3.05, 3.63) is 29.3 Å². The molecular formula is C15H15NO4. The Bertz CT molecular complexity index is 600. The van der Waals surface area contributed by atoms with Gasteiger partial charge in [-0.2, -0.15) is 0 Å². The lowest BCUT2D eigenvalue weighted by Crippen LogP contribution is -2.47. The number of anilines is 1. The molecule has 5 heteroatoms. The molecule has 1 aromatic carbocycles. The van der Waals surface area contributed by atoms with Gasteiger partial charge in [-0.25, -0.2) is 9.69 Å². The van der Waals surface area contributed by atoms with E-state index >= 15 is 0 Å². The Morgan fingerprint density at radius 2 is 1.80 bits per heavy atom. The molecule has 0 radical (unpaired) electrons. The molecule has 0 aromatic heterocycles. The maximum Gasteiger partial charge on any atom is 0.338 e. The summed E-state index contributed by atoms with van der Waals surface area (Å²) in [7, 11) is 0. The summed E-state index contributed by atoms with van der Waals surface area (Å²) >= 11 is 0. The predicted octanol–water partition coefficient (Wildman–Crippen LogP) is 1.98. The normalized spacial score (nSPS) is 25.1. The highest BCUT2D eigenvalue weighted by atomic mass is 16.4. The van der Waals surface area contributed by atoms with E-state index in [1.165, 1.54) is 6.07 Å². The van der Waals surface area contributed by atoms with Crippen molar-refractivity contribution in [2.45, 2.75) is 26.2 Å². The Kier molecular flexibility index (Phi) is 2.85. The number of benzene rings is 1. The molecule has 1 heterocycles. The molecule has 1 aliphatic heterocycles. The Morgan fingerprint density at radius 3 is 2.35 bits per heavy atom. The number of imide groups is 1. The van der Waals surface area contributed by atoms with Crippen LogP contribution in [0.3, 0.4) is 0 Å². The number of fused-ring (bicyclic) bond motifs is 2. The van der Waals surface area contributed by atoms with Gasteiger partial charge >= 0.3 is 5.97 Å². The van der Waals surface area contributed by atoms with Crippen LogP contribution < -0.4 is 4.90 Å². The van der Waals surface area contributed by atoms with Gasteiger partial charge in [0.2, 0.25) is 11.8 Å². The van der Waals surface area contributed by atoms with E-state index in [2.05, 4.69) is 0 Å². The Morgan fingerprint density at radius 1 is 1.20 bits per heavy atom. The van der Waals surface area contributed by atoms with E-state index in [-0.39, 0.29) is 34.9 Å². The zero-order valence-electron chi connectivity index (χ0n) is 11.1. The van der Waals surface area contributed by atoms with Crippen LogP contribution in [0.5, 0.6) is 0 Å². The number of carbonyl (C=O) groups excluding carboxylic acids is 2. The first-order valence-electron chi connectivity index (χ1n) is 6.71. The number of carbonyl (C=O) groups is 3. The van der Waals surface area contributed by atoms with Crippen LogP contribution in [0.2, 0.25) is 0 Å². The summed E-state index contributed by atoms with van der Waals surface area (Å²) in [6.45, 7) is 1.67. The van der Waals surface area contributed by atoms with E-state index in [0.29, 0.717) is 12.0 Å². The molecule has 0 spiro atoms. The zero-order chi connectivity index (χ0) is 14.4. The fraction of sp³-hybridized carbons (Fsp3) is 0.400. The average molecular weight is 273 g/mol. The van der Waals surface area contributed by atoms with Gasteiger partial charge in [0.15, 0.2) is 0 Å². The molecule has 5 nitrogen and oxygen atoms in total. The van der Waals surface area contributed by atoms with E-state index in [9.17, 15) is 19.5 Å². The minimum absolute atomic E-state index is 0.0375. The molecule has 1 N–H and O–H groups in total. The fourth-order valence-electron chi connectivity index (χ4n) is 3.26. The third-order valence-corrected chi connectivity index (χ3v) is 4.28. The van der Waals surface area contributed by atoms with Gasteiger partial charge in [0.05, 0.1) is 11.3 Å². The Hall–Kier alpha value is -2.17. The predicted molar refractivity (Wildman–Crippen MR) is 71.5 cm³/mol. The molecule has 2 amide bonds. The molecule has 2 aliphatic rings. The van der Waals surface area contributed by atoms with Crippen molar-refractivity contribution in [3.63, 3.8) is 0 Å². The van der Waals surface area contributed by atoms with Crippen LogP contribution in [0.15, 0.2) is 18.2 Å². The lowest BCUT2D eigenvalue weighted by atomic mass is 9.95. The molecule has 1 aromatic rings. The van der Waals surface area contributed by atoms with Gasteiger partial charge in [-0.1, -0.05) is 12.1 Å². The summed E-state index contributed by atoms with van der Waals surface area (Å²) in [6.07, 6.45) is 2.06. The molecule has 2 unspecified atom stereocenters. The summed E-state index contributed by atoms with van der Waals surface area (Å²) in [4.78, 5) is 37.3. The Balaban J connectivity index is 2.13. The highest BCUT2D eigenvalue weighted by molar-refractivity contribution is 6.20. The zero-order valence-corrected chi connectivity index (χ0v) is 11.1. The molecule has 20 heavy (non-hydrogen) atoms. The average Bonchev–Trinajstić information content (AvgIpc) is 2.83. The minimum atomic E-state index is -1.11. The van der Waals surface area contributed by atoms with Crippen molar-refractivity contribution in [1.29, 1.82) is 0 Å². The number of aryl methyl sites for hydroxylation is 1. The van der Waals surface area contributed by atoms with Crippen LogP contribution in [0, 0.1) is 18.8 Å². The number of hydrogen-bond acceptors (Lipinski definition) is 3. The number of carboxylic acid groups (broad SMARTS) is 1. The van der Waals surface area contributed by atoms with E-state index < -0.39 is 5.97 Å². The number of hydrogen-bond donors (Lipinski definition) is 1. The van der Waals surface area contributed by atoms with Crippen LogP contribution in [0.4, 0.5) is 5.69 Å². The maximum absolute atomic E-state index is 12.4. The highest BCUT2D eigenvalue weighted by Crippen LogP contribution is 2.41. The van der Waals surface area contributed by atoms with Gasteiger partial charge in [0, 0.05) is 11.8 Å². The molecule has 1 aliphatic carbocycles. The third kappa shape index (κ3) is 1.73. The molecule has 104 valence electrons. The van der Waals surface area contributed by atoms with Crippen LogP contribution in [-0.4, -0.2) is 22.9 Å². The number of rotatable bonds is 2. The van der Waals surface area contributed by atoms with Crippen LogP contribution >= 0.6 is 0 Å². The summed E-state index contributed by atoms with van der Waals surface area (Å²) in [5.74, 6) is -1.90. The van der Waals surface area contributed by atoms with Crippen molar-refractivity contribution in [2.24, 2.45) is 11.8 Å². The van der Waals surface area contributed by atoms with Gasteiger partial charge in [-0.05, 0) is 37.8 Å².